The van der Waals surface area contributed by atoms with E-state index < -0.39 is 0 Å². The van der Waals surface area contributed by atoms with E-state index in [4.69, 9.17) is 5.73 Å². The molecule has 0 saturated heterocycles. The Kier molecular flexibility index (Phi) is 4.58. The van der Waals surface area contributed by atoms with Crippen molar-refractivity contribution in [1.29, 1.82) is 0 Å². The first-order valence-corrected chi connectivity index (χ1v) is 5.41. The number of carbonyl (C=O) groups is 1. The Bertz CT molecular complexity index is 355. The number of carbonyl (C=O) groups excluding carboxylic acids is 1. The van der Waals surface area contributed by atoms with Gasteiger partial charge in [0.1, 0.15) is 5.75 Å². The van der Waals surface area contributed by atoms with E-state index in [0.717, 1.165) is 10.9 Å². The van der Waals surface area contributed by atoms with Crippen molar-refractivity contribution < 1.29 is 9.90 Å². The third kappa shape index (κ3) is 3.53. The Morgan fingerprint density at radius 1 is 1.53 bits per heavy atom. The zero-order valence-corrected chi connectivity index (χ0v) is 9.75. The summed E-state index contributed by atoms with van der Waals surface area (Å²) in [4.78, 5) is 11.6. The third-order valence-electron chi connectivity index (χ3n) is 1.87. The Hall–Kier alpha value is -1.07. The molecule has 0 bridgehead atoms. The number of aromatic hydroxyl groups is 1. The van der Waals surface area contributed by atoms with Gasteiger partial charge in [0.25, 0.3) is 5.91 Å². The van der Waals surface area contributed by atoms with Crippen LogP contribution in [0.2, 0.25) is 0 Å². The normalized spacial score (nSPS) is 10.0. The van der Waals surface area contributed by atoms with Crippen molar-refractivity contribution in [2.75, 3.05) is 13.1 Å². The van der Waals surface area contributed by atoms with Crippen molar-refractivity contribution in [1.82, 2.24) is 5.32 Å². The highest BCUT2D eigenvalue weighted by atomic mass is 79.9. The summed E-state index contributed by atoms with van der Waals surface area (Å²) in [5.74, 6) is -0.314. The highest BCUT2D eigenvalue weighted by molar-refractivity contribution is 9.10. The Balaban J connectivity index is 2.68. The van der Waals surface area contributed by atoms with Crippen LogP contribution in [0, 0.1) is 0 Å². The lowest BCUT2D eigenvalue weighted by atomic mass is 10.2. The van der Waals surface area contributed by atoms with E-state index in [2.05, 4.69) is 21.2 Å². The van der Waals surface area contributed by atoms with Gasteiger partial charge in [0, 0.05) is 11.0 Å². The van der Waals surface area contributed by atoms with Gasteiger partial charge in [-0.3, -0.25) is 4.79 Å². The maximum Gasteiger partial charge on any atom is 0.255 e. The summed E-state index contributed by atoms with van der Waals surface area (Å²) in [6.07, 6.45) is 0.723. The topological polar surface area (TPSA) is 75.3 Å². The second-order valence-corrected chi connectivity index (χ2v) is 3.98. The van der Waals surface area contributed by atoms with Crippen molar-refractivity contribution >= 4 is 21.8 Å². The van der Waals surface area contributed by atoms with Crippen LogP contribution in [0.4, 0.5) is 0 Å². The number of phenolic OH excluding ortho intramolecular Hbond substituents is 1. The van der Waals surface area contributed by atoms with Crippen LogP contribution < -0.4 is 11.1 Å². The summed E-state index contributed by atoms with van der Waals surface area (Å²) in [6, 6.07) is 4.72. The van der Waals surface area contributed by atoms with E-state index in [1.807, 2.05) is 0 Å². The van der Waals surface area contributed by atoms with Crippen LogP contribution in [0.1, 0.15) is 16.8 Å². The molecule has 82 valence electrons. The number of hydrogen-bond donors (Lipinski definition) is 3. The zero-order valence-electron chi connectivity index (χ0n) is 8.16. The van der Waals surface area contributed by atoms with E-state index in [9.17, 15) is 9.90 Å². The fourth-order valence-corrected chi connectivity index (χ4v) is 1.45. The van der Waals surface area contributed by atoms with Gasteiger partial charge in [-0.25, -0.2) is 0 Å². The monoisotopic (exact) mass is 272 g/mol. The molecule has 15 heavy (non-hydrogen) atoms. The van der Waals surface area contributed by atoms with Crippen LogP contribution in [-0.4, -0.2) is 24.1 Å². The van der Waals surface area contributed by atoms with Crippen molar-refractivity contribution in [3.05, 3.63) is 28.2 Å². The van der Waals surface area contributed by atoms with E-state index >= 15 is 0 Å². The summed E-state index contributed by atoms with van der Waals surface area (Å²) in [7, 11) is 0. The maximum atomic E-state index is 11.6. The molecule has 0 aromatic heterocycles. The van der Waals surface area contributed by atoms with Crippen LogP contribution in [0.5, 0.6) is 5.75 Å². The number of rotatable bonds is 4. The lowest BCUT2D eigenvalue weighted by Crippen LogP contribution is -2.26. The lowest BCUT2D eigenvalue weighted by Gasteiger charge is -2.06. The average Bonchev–Trinajstić information content (AvgIpc) is 2.22. The average molecular weight is 273 g/mol. The third-order valence-corrected chi connectivity index (χ3v) is 2.36. The second-order valence-electron chi connectivity index (χ2n) is 3.06. The van der Waals surface area contributed by atoms with E-state index in [1.165, 1.54) is 6.07 Å². The molecule has 1 aromatic rings. The van der Waals surface area contributed by atoms with Gasteiger partial charge < -0.3 is 16.2 Å². The first kappa shape index (κ1) is 12.0. The molecule has 1 aromatic carbocycles. The number of phenols is 1. The summed E-state index contributed by atoms with van der Waals surface area (Å²) in [6.45, 7) is 1.05. The number of benzene rings is 1. The molecular weight excluding hydrogens is 260 g/mol. The standard InChI is InChI=1S/C10H13BrN2O2/c11-7-2-3-9(14)8(6-7)10(15)13-5-1-4-12/h2-3,6,14H,1,4-5,12H2,(H,13,15). The Morgan fingerprint density at radius 3 is 2.93 bits per heavy atom. The number of nitrogens with two attached hydrogens (primary N) is 1. The highest BCUT2D eigenvalue weighted by Crippen LogP contribution is 2.21. The molecule has 0 heterocycles. The first-order chi connectivity index (χ1) is 7.15. The van der Waals surface area contributed by atoms with Crippen molar-refractivity contribution in [3.63, 3.8) is 0 Å². The van der Waals surface area contributed by atoms with Gasteiger partial charge in [0.2, 0.25) is 0 Å². The molecule has 0 radical (unpaired) electrons. The predicted molar refractivity (Wildman–Crippen MR) is 61.8 cm³/mol. The quantitative estimate of drug-likeness (QED) is 0.722. The number of hydrogen-bond acceptors (Lipinski definition) is 3. The summed E-state index contributed by atoms with van der Waals surface area (Å²) < 4.78 is 0.754. The van der Waals surface area contributed by atoms with E-state index in [-0.39, 0.29) is 17.2 Å². The van der Waals surface area contributed by atoms with E-state index in [1.54, 1.807) is 12.1 Å². The van der Waals surface area contributed by atoms with Gasteiger partial charge in [0.15, 0.2) is 0 Å². The van der Waals surface area contributed by atoms with Gasteiger partial charge in [-0.15, -0.1) is 0 Å². The van der Waals surface area contributed by atoms with E-state index in [0.29, 0.717) is 13.1 Å². The maximum absolute atomic E-state index is 11.6. The minimum absolute atomic E-state index is 0.0246. The molecule has 4 N–H and O–H groups in total. The van der Waals surface area contributed by atoms with Gasteiger partial charge >= 0.3 is 0 Å². The molecule has 0 saturated carbocycles. The Morgan fingerprint density at radius 2 is 2.27 bits per heavy atom. The molecule has 0 fully saturated rings. The molecule has 0 aliphatic rings. The second kappa shape index (κ2) is 5.72. The molecule has 5 heteroatoms. The van der Waals surface area contributed by atoms with Crippen molar-refractivity contribution in [3.8, 4) is 5.75 Å². The molecule has 1 rings (SSSR count). The van der Waals surface area contributed by atoms with Gasteiger partial charge in [-0.2, -0.15) is 0 Å². The minimum atomic E-state index is -0.290. The molecule has 0 aliphatic carbocycles. The minimum Gasteiger partial charge on any atom is -0.507 e. The molecule has 0 spiro atoms. The van der Waals surface area contributed by atoms with Gasteiger partial charge in [-0.1, -0.05) is 15.9 Å². The molecule has 0 aliphatic heterocycles. The van der Waals surface area contributed by atoms with Gasteiger partial charge in [0.05, 0.1) is 5.56 Å². The molecule has 0 unspecified atom stereocenters. The fourth-order valence-electron chi connectivity index (χ4n) is 1.09. The summed E-state index contributed by atoms with van der Waals surface area (Å²) in [5, 5.41) is 12.1. The first-order valence-electron chi connectivity index (χ1n) is 4.62. The lowest BCUT2D eigenvalue weighted by molar-refractivity contribution is 0.0951. The smallest absolute Gasteiger partial charge is 0.255 e. The highest BCUT2D eigenvalue weighted by Gasteiger charge is 2.10. The molecule has 4 nitrogen and oxygen atoms in total. The fraction of sp³-hybridized carbons (Fsp3) is 0.300. The number of halogens is 1. The Labute approximate surface area is 96.6 Å². The molecule has 0 atom stereocenters. The summed E-state index contributed by atoms with van der Waals surface area (Å²) in [5.41, 5.74) is 5.56. The van der Waals surface area contributed by atoms with Crippen molar-refractivity contribution in [2.45, 2.75) is 6.42 Å². The van der Waals surface area contributed by atoms with Crippen LogP contribution in [0.25, 0.3) is 0 Å². The summed E-state index contributed by atoms with van der Waals surface area (Å²) >= 11 is 3.24. The predicted octanol–water partition coefficient (Wildman–Crippen LogP) is 1.23. The molecule has 1 amide bonds. The number of nitrogens with one attached hydrogen (secondary N) is 1. The number of amides is 1. The SMILES string of the molecule is NCCCNC(=O)c1cc(Br)ccc1O. The largest absolute Gasteiger partial charge is 0.507 e. The van der Waals surface area contributed by atoms with Gasteiger partial charge in [-0.05, 0) is 31.2 Å². The van der Waals surface area contributed by atoms with Crippen LogP contribution in [0.15, 0.2) is 22.7 Å². The zero-order chi connectivity index (χ0) is 11.3. The van der Waals surface area contributed by atoms with Crippen LogP contribution in [0.3, 0.4) is 0 Å². The van der Waals surface area contributed by atoms with Crippen LogP contribution >= 0.6 is 15.9 Å². The van der Waals surface area contributed by atoms with Crippen molar-refractivity contribution in [2.24, 2.45) is 5.73 Å². The van der Waals surface area contributed by atoms with Crippen LogP contribution in [-0.2, 0) is 0 Å². The molecular formula is C10H13BrN2O2.